The third-order valence-electron chi connectivity index (χ3n) is 3.83. The van der Waals surface area contributed by atoms with E-state index in [1.54, 1.807) is 14.2 Å². The highest BCUT2D eigenvalue weighted by Gasteiger charge is 2.18. The van der Waals surface area contributed by atoms with Crippen molar-refractivity contribution in [1.29, 1.82) is 0 Å². The molecular formula is C17H28ClNO2. The van der Waals surface area contributed by atoms with Crippen molar-refractivity contribution in [2.24, 2.45) is 5.92 Å². The predicted molar refractivity (Wildman–Crippen MR) is 89.7 cm³/mol. The van der Waals surface area contributed by atoms with Gasteiger partial charge in [-0.25, -0.2) is 0 Å². The Labute approximate surface area is 134 Å². The molecule has 120 valence electrons. The minimum absolute atomic E-state index is 0.289. The zero-order valence-electron chi connectivity index (χ0n) is 13.8. The Morgan fingerprint density at radius 2 is 1.90 bits per heavy atom. The fourth-order valence-electron chi connectivity index (χ4n) is 2.36. The van der Waals surface area contributed by atoms with Crippen LogP contribution in [0.3, 0.4) is 0 Å². The number of ether oxygens (including phenoxy) is 2. The molecule has 1 rings (SSSR count). The van der Waals surface area contributed by atoms with Crippen molar-refractivity contribution in [3.05, 3.63) is 22.7 Å². The van der Waals surface area contributed by atoms with E-state index in [1.807, 2.05) is 12.1 Å². The van der Waals surface area contributed by atoms with Crippen molar-refractivity contribution < 1.29 is 9.47 Å². The lowest BCUT2D eigenvalue weighted by atomic mass is 9.94. The molecule has 1 N–H and O–H groups in total. The number of benzene rings is 1. The number of hydrogen-bond donors (Lipinski definition) is 1. The van der Waals surface area contributed by atoms with Crippen molar-refractivity contribution in [1.82, 2.24) is 5.32 Å². The zero-order chi connectivity index (χ0) is 15.8. The van der Waals surface area contributed by atoms with E-state index in [4.69, 9.17) is 21.1 Å². The van der Waals surface area contributed by atoms with Crippen molar-refractivity contribution in [3.8, 4) is 11.5 Å². The summed E-state index contributed by atoms with van der Waals surface area (Å²) in [7, 11) is 3.25. The average Bonchev–Trinajstić information content (AvgIpc) is 2.50. The molecule has 0 aliphatic carbocycles. The number of nitrogens with one attached hydrogen (secondary N) is 1. The van der Waals surface area contributed by atoms with Crippen molar-refractivity contribution >= 4 is 11.6 Å². The second-order valence-corrected chi connectivity index (χ2v) is 5.90. The lowest BCUT2D eigenvalue weighted by Crippen LogP contribution is -2.24. The molecule has 0 fully saturated rings. The Morgan fingerprint density at radius 1 is 1.19 bits per heavy atom. The summed E-state index contributed by atoms with van der Waals surface area (Å²) in [5.74, 6) is 1.94. The number of methoxy groups -OCH3 is 2. The second kappa shape index (κ2) is 9.16. The minimum Gasteiger partial charge on any atom is -0.493 e. The standard InChI is InChI=1S/C17H28ClNO2/c1-6-8-19-15(9-12(3)7-2)13-10-14(18)17(21-5)16(11-13)20-4/h10-12,15,19H,6-9H2,1-5H3. The normalized spacial score (nSPS) is 13.8. The third kappa shape index (κ3) is 5.08. The van der Waals surface area contributed by atoms with Crippen LogP contribution in [0.1, 0.15) is 51.6 Å². The van der Waals surface area contributed by atoms with Gasteiger partial charge in [-0.2, -0.15) is 0 Å². The Kier molecular flexibility index (Phi) is 7.91. The summed E-state index contributed by atoms with van der Waals surface area (Å²) in [5.41, 5.74) is 1.16. The molecule has 0 spiro atoms. The molecule has 21 heavy (non-hydrogen) atoms. The summed E-state index contributed by atoms with van der Waals surface area (Å²) < 4.78 is 10.7. The van der Waals surface area contributed by atoms with Gasteiger partial charge < -0.3 is 14.8 Å². The Hall–Kier alpha value is -0.930. The van der Waals surface area contributed by atoms with Crippen LogP contribution >= 0.6 is 11.6 Å². The fourth-order valence-corrected chi connectivity index (χ4v) is 2.66. The van der Waals surface area contributed by atoms with Crippen LogP contribution in [0.25, 0.3) is 0 Å². The van der Waals surface area contributed by atoms with Gasteiger partial charge in [0.1, 0.15) is 0 Å². The van der Waals surface area contributed by atoms with E-state index < -0.39 is 0 Å². The van der Waals surface area contributed by atoms with Crippen LogP contribution in [0.4, 0.5) is 0 Å². The van der Waals surface area contributed by atoms with Crippen LogP contribution in [0.2, 0.25) is 5.02 Å². The molecule has 0 aliphatic rings. The molecule has 0 bridgehead atoms. The highest BCUT2D eigenvalue weighted by Crippen LogP contribution is 2.38. The quantitative estimate of drug-likeness (QED) is 0.708. The maximum Gasteiger partial charge on any atom is 0.179 e. The summed E-state index contributed by atoms with van der Waals surface area (Å²) >= 11 is 6.33. The van der Waals surface area contributed by atoms with Crippen molar-refractivity contribution in [2.45, 2.75) is 46.1 Å². The van der Waals surface area contributed by atoms with Gasteiger partial charge in [-0.05, 0) is 43.0 Å². The van der Waals surface area contributed by atoms with Gasteiger partial charge in [0.15, 0.2) is 11.5 Å². The summed E-state index contributed by atoms with van der Waals surface area (Å²) in [6, 6.07) is 4.30. The highest BCUT2D eigenvalue weighted by molar-refractivity contribution is 6.32. The Morgan fingerprint density at radius 3 is 2.43 bits per heavy atom. The van der Waals surface area contributed by atoms with Gasteiger partial charge in [0.05, 0.1) is 19.2 Å². The van der Waals surface area contributed by atoms with Gasteiger partial charge in [-0.1, -0.05) is 38.8 Å². The average molecular weight is 314 g/mol. The zero-order valence-corrected chi connectivity index (χ0v) is 14.6. The van der Waals surface area contributed by atoms with Crippen molar-refractivity contribution in [2.75, 3.05) is 20.8 Å². The molecule has 0 aromatic heterocycles. The van der Waals surface area contributed by atoms with Gasteiger partial charge in [0, 0.05) is 6.04 Å². The topological polar surface area (TPSA) is 30.5 Å². The summed E-state index contributed by atoms with van der Waals surface area (Å²) in [4.78, 5) is 0. The van der Waals surface area contributed by atoms with E-state index in [0.717, 1.165) is 24.9 Å². The minimum atomic E-state index is 0.289. The molecule has 0 heterocycles. The molecule has 0 aliphatic heterocycles. The highest BCUT2D eigenvalue weighted by atomic mass is 35.5. The summed E-state index contributed by atoms with van der Waals surface area (Å²) in [6.07, 6.45) is 3.37. The molecule has 1 aromatic carbocycles. The van der Waals surface area contributed by atoms with Gasteiger partial charge in [0.25, 0.3) is 0 Å². The first kappa shape index (κ1) is 18.1. The molecule has 2 unspecified atom stereocenters. The van der Waals surface area contributed by atoms with E-state index in [0.29, 0.717) is 22.4 Å². The summed E-state index contributed by atoms with van der Waals surface area (Å²) in [5, 5.41) is 4.21. The molecule has 0 radical (unpaired) electrons. The molecule has 1 aromatic rings. The number of rotatable bonds is 9. The molecule has 0 saturated heterocycles. The Balaban J connectivity index is 3.08. The molecule has 3 nitrogen and oxygen atoms in total. The van der Waals surface area contributed by atoms with Crippen LogP contribution in [0, 0.1) is 5.92 Å². The van der Waals surface area contributed by atoms with Crippen LogP contribution in [-0.4, -0.2) is 20.8 Å². The summed E-state index contributed by atoms with van der Waals surface area (Å²) in [6.45, 7) is 7.67. The molecule has 4 heteroatoms. The van der Waals surface area contributed by atoms with E-state index in [1.165, 1.54) is 6.42 Å². The van der Waals surface area contributed by atoms with Crippen LogP contribution < -0.4 is 14.8 Å². The lowest BCUT2D eigenvalue weighted by molar-refractivity contribution is 0.352. The monoisotopic (exact) mass is 313 g/mol. The predicted octanol–water partition coefficient (Wildman–Crippen LogP) is 4.83. The molecule has 0 saturated carbocycles. The van der Waals surface area contributed by atoms with E-state index in [2.05, 4.69) is 26.1 Å². The van der Waals surface area contributed by atoms with E-state index in [9.17, 15) is 0 Å². The smallest absolute Gasteiger partial charge is 0.179 e. The first-order chi connectivity index (χ1) is 10.1. The van der Waals surface area contributed by atoms with Crippen LogP contribution in [-0.2, 0) is 0 Å². The number of halogens is 1. The van der Waals surface area contributed by atoms with E-state index >= 15 is 0 Å². The molecule has 2 atom stereocenters. The second-order valence-electron chi connectivity index (χ2n) is 5.49. The van der Waals surface area contributed by atoms with Gasteiger partial charge in [-0.3, -0.25) is 0 Å². The van der Waals surface area contributed by atoms with Crippen LogP contribution in [0.15, 0.2) is 12.1 Å². The maximum absolute atomic E-state index is 6.33. The SMILES string of the molecule is CCCNC(CC(C)CC)c1cc(Cl)c(OC)c(OC)c1. The third-order valence-corrected chi connectivity index (χ3v) is 4.11. The first-order valence-corrected chi connectivity index (χ1v) is 8.09. The Bertz CT molecular complexity index is 437. The molecular weight excluding hydrogens is 286 g/mol. The van der Waals surface area contributed by atoms with Gasteiger partial charge in [-0.15, -0.1) is 0 Å². The van der Waals surface area contributed by atoms with Gasteiger partial charge in [0.2, 0.25) is 0 Å². The first-order valence-electron chi connectivity index (χ1n) is 7.72. The molecule has 0 amide bonds. The van der Waals surface area contributed by atoms with Crippen molar-refractivity contribution in [3.63, 3.8) is 0 Å². The largest absolute Gasteiger partial charge is 0.493 e. The van der Waals surface area contributed by atoms with Gasteiger partial charge >= 0.3 is 0 Å². The lowest BCUT2D eigenvalue weighted by Gasteiger charge is -2.23. The fraction of sp³-hybridized carbons (Fsp3) is 0.647. The maximum atomic E-state index is 6.33. The van der Waals surface area contributed by atoms with E-state index in [-0.39, 0.29) is 6.04 Å². The number of hydrogen-bond acceptors (Lipinski definition) is 3. The van der Waals surface area contributed by atoms with Crippen LogP contribution in [0.5, 0.6) is 11.5 Å².